The predicted molar refractivity (Wildman–Crippen MR) is 70.2 cm³/mol. The maximum absolute atomic E-state index is 11.5. The lowest BCUT2D eigenvalue weighted by atomic mass is 10.2. The highest BCUT2D eigenvalue weighted by Crippen LogP contribution is 2.16. The molecular weight excluding hydrogens is 256 g/mol. The van der Waals surface area contributed by atoms with Crippen molar-refractivity contribution >= 4 is 5.78 Å². The molecule has 0 unspecified atom stereocenters. The number of rotatable bonds is 3. The third kappa shape index (κ3) is 2.16. The molecule has 0 aromatic carbocycles. The first kappa shape index (κ1) is 12.1. The number of carbonyl (C=O) groups excluding carboxylic acids is 1. The second-order valence-corrected chi connectivity index (χ2v) is 4.01. The van der Waals surface area contributed by atoms with Crippen LogP contribution in [0, 0.1) is 0 Å². The van der Waals surface area contributed by atoms with Crippen LogP contribution in [0.2, 0.25) is 0 Å². The molecule has 0 saturated heterocycles. The van der Waals surface area contributed by atoms with E-state index in [2.05, 4.69) is 25.0 Å². The van der Waals surface area contributed by atoms with E-state index in [-0.39, 0.29) is 11.5 Å². The summed E-state index contributed by atoms with van der Waals surface area (Å²) in [4.78, 5) is 28.0. The van der Waals surface area contributed by atoms with Crippen LogP contribution in [-0.4, -0.2) is 35.5 Å². The Morgan fingerprint density at radius 3 is 2.65 bits per heavy atom. The Hall–Kier alpha value is -2.96. The maximum Gasteiger partial charge on any atom is 0.202 e. The standard InChI is InChI=1S/C13H10N6O/c1-9(20)11-12(16-7-6-15-11)13-17-8-19(18-13)10-4-2-3-5-14-10/h2-8H,1H3. The van der Waals surface area contributed by atoms with Crippen molar-refractivity contribution in [1.82, 2.24) is 29.7 Å². The molecule has 0 saturated carbocycles. The number of ketones is 1. The van der Waals surface area contributed by atoms with Gasteiger partial charge in [-0.25, -0.2) is 24.6 Å². The molecule has 0 atom stereocenters. The van der Waals surface area contributed by atoms with E-state index in [9.17, 15) is 4.79 Å². The lowest BCUT2D eigenvalue weighted by Gasteiger charge is -2.00. The molecule has 0 aliphatic heterocycles. The quantitative estimate of drug-likeness (QED) is 0.664. The fraction of sp³-hybridized carbons (Fsp3) is 0.0769. The van der Waals surface area contributed by atoms with Crippen molar-refractivity contribution in [2.75, 3.05) is 0 Å². The normalized spacial score (nSPS) is 10.4. The van der Waals surface area contributed by atoms with Gasteiger partial charge in [-0.15, -0.1) is 5.10 Å². The van der Waals surface area contributed by atoms with Crippen LogP contribution in [0.4, 0.5) is 0 Å². The molecule has 0 aliphatic carbocycles. The van der Waals surface area contributed by atoms with Crippen LogP contribution in [0.5, 0.6) is 0 Å². The number of pyridine rings is 1. The number of hydrogen-bond donors (Lipinski definition) is 0. The molecule has 0 amide bonds. The van der Waals surface area contributed by atoms with Crippen molar-refractivity contribution in [2.45, 2.75) is 6.92 Å². The number of Topliss-reactive ketones (excluding diaryl/α,β-unsaturated/α-hetero) is 1. The molecule has 0 spiro atoms. The minimum Gasteiger partial charge on any atom is -0.293 e. The number of aromatic nitrogens is 6. The van der Waals surface area contributed by atoms with E-state index in [0.717, 1.165) is 0 Å². The van der Waals surface area contributed by atoms with Crippen molar-refractivity contribution in [3.8, 4) is 17.3 Å². The zero-order valence-electron chi connectivity index (χ0n) is 10.6. The molecule has 7 heteroatoms. The third-order valence-corrected chi connectivity index (χ3v) is 2.62. The Balaban J connectivity index is 2.05. The summed E-state index contributed by atoms with van der Waals surface area (Å²) in [6.45, 7) is 1.43. The van der Waals surface area contributed by atoms with Crippen LogP contribution in [0.15, 0.2) is 43.1 Å². The molecule has 3 rings (SSSR count). The fourth-order valence-corrected chi connectivity index (χ4v) is 1.73. The third-order valence-electron chi connectivity index (χ3n) is 2.62. The van der Waals surface area contributed by atoms with E-state index in [1.54, 1.807) is 12.3 Å². The van der Waals surface area contributed by atoms with Gasteiger partial charge in [0.15, 0.2) is 11.6 Å². The Kier molecular flexibility index (Phi) is 3.00. The molecule has 0 bridgehead atoms. The van der Waals surface area contributed by atoms with E-state index in [0.29, 0.717) is 17.3 Å². The molecule has 3 aromatic rings. The van der Waals surface area contributed by atoms with Gasteiger partial charge in [-0.05, 0) is 12.1 Å². The van der Waals surface area contributed by atoms with Gasteiger partial charge in [0.05, 0.1) is 0 Å². The summed E-state index contributed by atoms with van der Waals surface area (Å²) in [7, 11) is 0. The number of hydrogen-bond acceptors (Lipinski definition) is 6. The van der Waals surface area contributed by atoms with Gasteiger partial charge in [0.2, 0.25) is 5.82 Å². The van der Waals surface area contributed by atoms with Gasteiger partial charge in [-0.3, -0.25) is 4.79 Å². The molecule has 3 heterocycles. The highest BCUT2D eigenvalue weighted by Gasteiger charge is 2.16. The van der Waals surface area contributed by atoms with Gasteiger partial charge in [-0.2, -0.15) is 0 Å². The molecule has 0 radical (unpaired) electrons. The van der Waals surface area contributed by atoms with E-state index in [1.165, 1.54) is 30.3 Å². The zero-order chi connectivity index (χ0) is 13.9. The lowest BCUT2D eigenvalue weighted by Crippen LogP contribution is -2.03. The fourth-order valence-electron chi connectivity index (χ4n) is 1.73. The number of carbonyl (C=O) groups is 1. The van der Waals surface area contributed by atoms with Gasteiger partial charge >= 0.3 is 0 Å². The molecule has 20 heavy (non-hydrogen) atoms. The monoisotopic (exact) mass is 266 g/mol. The largest absolute Gasteiger partial charge is 0.293 e. The molecular formula is C13H10N6O. The van der Waals surface area contributed by atoms with Crippen LogP contribution in [0.25, 0.3) is 17.3 Å². The van der Waals surface area contributed by atoms with E-state index in [1.807, 2.05) is 12.1 Å². The molecule has 3 aromatic heterocycles. The first-order valence-corrected chi connectivity index (χ1v) is 5.91. The molecule has 98 valence electrons. The highest BCUT2D eigenvalue weighted by molar-refractivity contribution is 5.96. The summed E-state index contributed by atoms with van der Waals surface area (Å²) in [5.41, 5.74) is 0.626. The van der Waals surface area contributed by atoms with Gasteiger partial charge in [0.25, 0.3) is 0 Å². The van der Waals surface area contributed by atoms with Crippen LogP contribution >= 0.6 is 0 Å². The SMILES string of the molecule is CC(=O)c1nccnc1-c1ncn(-c2ccccn2)n1. The van der Waals surface area contributed by atoms with E-state index in [4.69, 9.17) is 0 Å². The maximum atomic E-state index is 11.5. The van der Waals surface area contributed by atoms with Gasteiger partial charge in [0, 0.05) is 25.5 Å². The second kappa shape index (κ2) is 4.96. The van der Waals surface area contributed by atoms with Gasteiger partial charge in [0.1, 0.15) is 17.7 Å². The van der Waals surface area contributed by atoms with E-state index >= 15 is 0 Å². The van der Waals surface area contributed by atoms with E-state index < -0.39 is 0 Å². The van der Waals surface area contributed by atoms with Crippen LogP contribution in [0.1, 0.15) is 17.4 Å². The first-order valence-electron chi connectivity index (χ1n) is 5.91. The summed E-state index contributed by atoms with van der Waals surface area (Å²) >= 11 is 0. The summed E-state index contributed by atoms with van der Waals surface area (Å²) in [6.07, 6.45) is 6.16. The Morgan fingerprint density at radius 1 is 1.05 bits per heavy atom. The minimum atomic E-state index is -0.178. The smallest absolute Gasteiger partial charge is 0.202 e. The lowest BCUT2D eigenvalue weighted by molar-refractivity contribution is 0.101. The zero-order valence-corrected chi connectivity index (χ0v) is 10.6. The van der Waals surface area contributed by atoms with Gasteiger partial charge < -0.3 is 0 Å². The topological polar surface area (TPSA) is 86.5 Å². The van der Waals surface area contributed by atoms with Crippen molar-refractivity contribution in [2.24, 2.45) is 0 Å². The summed E-state index contributed by atoms with van der Waals surface area (Å²) in [5, 5.41) is 4.28. The average molecular weight is 266 g/mol. The summed E-state index contributed by atoms with van der Waals surface area (Å²) in [6, 6.07) is 5.48. The van der Waals surface area contributed by atoms with Crippen LogP contribution < -0.4 is 0 Å². The minimum absolute atomic E-state index is 0.178. The van der Waals surface area contributed by atoms with Gasteiger partial charge in [-0.1, -0.05) is 6.07 Å². The Labute approximate surface area is 114 Å². The average Bonchev–Trinajstić information content (AvgIpc) is 2.98. The van der Waals surface area contributed by atoms with Crippen molar-refractivity contribution in [3.63, 3.8) is 0 Å². The molecule has 0 aliphatic rings. The van der Waals surface area contributed by atoms with Crippen molar-refractivity contribution in [1.29, 1.82) is 0 Å². The predicted octanol–water partition coefficient (Wildman–Crippen LogP) is 1.32. The van der Waals surface area contributed by atoms with Crippen molar-refractivity contribution < 1.29 is 4.79 Å². The summed E-state index contributed by atoms with van der Waals surface area (Å²) < 4.78 is 1.52. The van der Waals surface area contributed by atoms with Crippen LogP contribution in [0.3, 0.4) is 0 Å². The number of nitrogens with zero attached hydrogens (tertiary/aromatic N) is 6. The first-order chi connectivity index (χ1) is 9.75. The van der Waals surface area contributed by atoms with Crippen molar-refractivity contribution in [3.05, 3.63) is 48.8 Å². The summed E-state index contributed by atoms with van der Waals surface area (Å²) in [5.74, 6) is 0.802. The van der Waals surface area contributed by atoms with Crippen LogP contribution in [-0.2, 0) is 0 Å². The molecule has 0 N–H and O–H groups in total. The Bertz CT molecular complexity index is 752. The highest BCUT2D eigenvalue weighted by atomic mass is 16.1. The Morgan fingerprint density at radius 2 is 1.90 bits per heavy atom. The molecule has 7 nitrogen and oxygen atoms in total. The molecule has 0 fully saturated rings. The second-order valence-electron chi connectivity index (χ2n) is 4.01.